The van der Waals surface area contributed by atoms with Gasteiger partial charge in [-0.05, 0) is 12.1 Å². The summed E-state index contributed by atoms with van der Waals surface area (Å²) in [6, 6.07) is 5.46. The molecule has 0 fully saturated rings. The van der Waals surface area contributed by atoms with Crippen molar-refractivity contribution in [3.8, 4) is 17.8 Å². The lowest BCUT2D eigenvalue weighted by Crippen LogP contribution is -2.06. The van der Waals surface area contributed by atoms with Gasteiger partial charge in [0.25, 0.3) is 0 Å². The summed E-state index contributed by atoms with van der Waals surface area (Å²) in [4.78, 5) is 7.90. The van der Waals surface area contributed by atoms with E-state index in [1.165, 1.54) is 13.4 Å². The van der Waals surface area contributed by atoms with Crippen LogP contribution in [0, 0.1) is 11.3 Å². The Labute approximate surface area is 91.9 Å². The zero-order chi connectivity index (χ0) is 11.5. The number of ether oxygens (including phenoxy) is 1. The fourth-order valence-corrected chi connectivity index (χ4v) is 1.38. The van der Waals surface area contributed by atoms with Gasteiger partial charge in [0, 0.05) is 6.20 Å². The molecule has 2 aromatic heterocycles. The van der Waals surface area contributed by atoms with Crippen molar-refractivity contribution in [1.29, 1.82) is 5.26 Å². The van der Waals surface area contributed by atoms with Crippen molar-refractivity contribution in [2.75, 3.05) is 12.8 Å². The minimum Gasteiger partial charge on any atom is -0.479 e. The van der Waals surface area contributed by atoms with Crippen LogP contribution in [0.3, 0.4) is 0 Å². The van der Waals surface area contributed by atoms with E-state index in [1.54, 1.807) is 22.9 Å². The van der Waals surface area contributed by atoms with Gasteiger partial charge in [-0.25, -0.2) is 4.98 Å². The van der Waals surface area contributed by atoms with Gasteiger partial charge in [0.05, 0.1) is 7.11 Å². The normalized spacial score (nSPS) is 9.75. The van der Waals surface area contributed by atoms with Crippen LogP contribution in [0.4, 0.5) is 5.69 Å². The molecule has 0 saturated carbocycles. The molecule has 0 saturated heterocycles. The van der Waals surface area contributed by atoms with Crippen molar-refractivity contribution >= 4 is 5.69 Å². The smallest absolute Gasteiger partial charge is 0.242 e. The van der Waals surface area contributed by atoms with Crippen molar-refractivity contribution in [1.82, 2.24) is 14.5 Å². The number of methoxy groups -OCH3 is 1. The lowest BCUT2D eigenvalue weighted by Gasteiger charge is -2.09. The molecule has 0 bridgehead atoms. The number of nitriles is 1. The molecular weight excluding hydrogens is 206 g/mol. The molecular formula is C10H9N5O. The highest BCUT2D eigenvalue weighted by Crippen LogP contribution is 2.24. The van der Waals surface area contributed by atoms with E-state index in [2.05, 4.69) is 9.97 Å². The summed E-state index contributed by atoms with van der Waals surface area (Å²) in [5.74, 6) is 0.732. The number of nitrogens with zero attached hydrogens (tertiary/aromatic N) is 4. The largest absolute Gasteiger partial charge is 0.479 e. The summed E-state index contributed by atoms with van der Waals surface area (Å²) in [5, 5.41) is 8.90. The number of rotatable bonds is 2. The fourth-order valence-electron chi connectivity index (χ4n) is 1.38. The third-order valence-electron chi connectivity index (χ3n) is 2.11. The third-order valence-corrected chi connectivity index (χ3v) is 2.11. The number of hydrogen-bond acceptors (Lipinski definition) is 5. The monoisotopic (exact) mass is 215 g/mol. The molecule has 16 heavy (non-hydrogen) atoms. The number of aromatic nitrogens is 3. The summed E-state index contributed by atoms with van der Waals surface area (Å²) in [5.41, 5.74) is 6.58. The average Bonchev–Trinajstić information content (AvgIpc) is 2.77. The Balaban J connectivity index is 2.62. The van der Waals surface area contributed by atoms with E-state index >= 15 is 0 Å². The van der Waals surface area contributed by atoms with Crippen LogP contribution in [-0.4, -0.2) is 21.6 Å². The van der Waals surface area contributed by atoms with Gasteiger partial charge >= 0.3 is 0 Å². The van der Waals surface area contributed by atoms with E-state index in [4.69, 9.17) is 15.7 Å². The molecule has 2 rings (SSSR count). The van der Waals surface area contributed by atoms with Crippen molar-refractivity contribution in [3.63, 3.8) is 0 Å². The first-order valence-electron chi connectivity index (χ1n) is 4.50. The lowest BCUT2D eigenvalue weighted by atomic mass is 10.4. The summed E-state index contributed by atoms with van der Waals surface area (Å²) in [7, 11) is 1.48. The fraction of sp³-hybridized carbons (Fsp3) is 0.100. The second-order valence-electron chi connectivity index (χ2n) is 3.00. The Morgan fingerprint density at radius 1 is 1.50 bits per heavy atom. The van der Waals surface area contributed by atoms with E-state index in [-0.39, 0.29) is 0 Å². The third kappa shape index (κ3) is 1.44. The minimum absolute atomic E-state index is 0.294. The van der Waals surface area contributed by atoms with Gasteiger partial charge in [-0.15, -0.1) is 0 Å². The molecule has 80 valence electrons. The van der Waals surface area contributed by atoms with Crippen LogP contribution in [0.5, 0.6) is 5.88 Å². The molecule has 0 aliphatic heterocycles. The Hall–Kier alpha value is -2.55. The molecule has 0 atom stereocenters. The van der Waals surface area contributed by atoms with Gasteiger partial charge < -0.3 is 10.5 Å². The van der Waals surface area contributed by atoms with E-state index in [0.717, 1.165) is 0 Å². The van der Waals surface area contributed by atoms with Crippen molar-refractivity contribution in [3.05, 3.63) is 30.4 Å². The Kier molecular flexibility index (Phi) is 2.44. The number of anilines is 1. The summed E-state index contributed by atoms with van der Waals surface area (Å²) >= 11 is 0. The molecule has 2 aromatic rings. The molecule has 0 spiro atoms. The van der Waals surface area contributed by atoms with Gasteiger partial charge in [0.2, 0.25) is 5.88 Å². The quantitative estimate of drug-likeness (QED) is 0.797. The van der Waals surface area contributed by atoms with Crippen LogP contribution >= 0.6 is 0 Å². The van der Waals surface area contributed by atoms with Gasteiger partial charge in [-0.2, -0.15) is 10.2 Å². The van der Waals surface area contributed by atoms with Crippen LogP contribution in [0.1, 0.15) is 5.69 Å². The minimum atomic E-state index is 0.294. The Morgan fingerprint density at radius 2 is 2.31 bits per heavy atom. The maximum absolute atomic E-state index is 8.90. The number of nitrogen functional groups attached to an aromatic ring is 1. The van der Waals surface area contributed by atoms with Crippen LogP contribution in [0.15, 0.2) is 24.7 Å². The summed E-state index contributed by atoms with van der Waals surface area (Å²) in [6.45, 7) is 0. The second-order valence-corrected chi connectivity index (χ2v) is 3.00. The van der Waals surface area contributed by atoms with Crippen LogP contribution in [0.2, 0.25) is 0 Å². The molecule has 2 N–H and O–H groups in total. The molecule has 0 amide bonds. The predicted molar refractivity (Wildman–Crippen MR) is 57.0 cm³/mol. The first kappa shape index (κ1) is 9.98. The zero-order valence-electron chi connectivity index (χ0n) is 8.58. The number of nitrogens with two attached hydrogens (primary N) is 1. The molecule has 6 nitrogen and oxygen atoms in total. The standard InChI is InChI=1S/C10H9N5O/c1-16-10-8(12)9(13-6-14-10)15-4-2-3-7(15)5-11/h2-4,6H,12H2,1H3. The SMILES string of the molecule is COc1ncnc(-n2cccc2C#N)c1N. The zero-order valence-corrected chi connectivity index (χ0v) is 8.58. The highest BCUT2D eigenvalue weighted by atomic mass is 16.5. The Morgan fingerprint density at radius 3 is 3.00 bits per heavy atom. The van der Waals surface area contributed by atoms with Crippen LogP contribution < -0.4 is 10.5 Å². The molecule has 0 aliphatic carbocycles. The highest BCUT2D eigenvalue weighted by molar-refractivity contribution is 5.60. The van der Waals surface area contributed by atoms with Gasteiger partial charge in [0.15, 0.2) is 5.82 Å². The van der Waals surface area contributed by atoms with E-state index in [1.807, 2.05) is 6.07 Å². The Bertz CT molecular complexity index is 555. The molecule has 6 heteroatoms. The predicted octanol–water partition coefficient (Wildman–Crippen LogP) is 0.730. The number of hydrogen-bond donors (Lipinski definition) is 1. The van der Waals surface area contributed by atoms with E-state index < -0.39 is 0 Å². The molecule has 0 aromatic carbocycles. The first-order chi connectivity index (χ1) is 7.77. The van der Waals surface area contributed by atoms with Gasteiger partial charge in [-0.3, -0.25) is 4.57 Å². The van der Waals surface area contributed by atoms with Crippen LogP contribution in [0.25, 0.3) is 5.82 Å². The average molecular weight is 215 g/mol. The van der Waals surface area contributed by atoms with Gasteiger partial charge in [-0.1, -0.05) is 0 Å². The highest BCUT2D eigenvalue weighted by Gasteiger charge is 2.12. The lowest BCUT2D eigenvalue weighted by molar-refractivity contribution is 0.399. The molecule has 0 radical (unpaired) electrons. The van der Waals surface area contributed by atoms with E-state index in [0.29, 0.717) is 23.1 Å². The topological polar surface area (TPSA) is 89.8 Å². The molecule has 0 aliphatic rings. The maximum Gasteiger partial charge on any atom is 0.242 e. The summed E-state index contributed by atoms with van der Waals surface area (Å²) in [6.07, 6.45) is 3.04. The van der Waals surface area contributed by atoms with E-state index in [9.17, 15) is 0 Å². The van der Waals surface area contributed by atoms with Crippen molar-refractivity contribution in [2.24, 2.45) is 0 Å². The maximum atomic E-state index is 8.90. The molecule has 0 unspecified atom stereocenters. The van der Waals surface area contributed by atoms with Crippen molar-refractivity contribution < 1.29 is 4.74 Å². The van der Waals surface area contributed by atoms with Crippen LogP contribution in [-0.2, 0) is 0 Å². The molecule has 2 heterocycles. The first-order valence-corrected chi connectivity index (χ1v) is 4.50. The second kappa shape index (κ2) is 3.90. The van der Waals surface area contributed by atoms with Gasteiger partial charge in [0.1, 0.15) is 23.8 Å². The summed E-state index contributed by atoms with van der Waals surface area (Å²) < 4.78 is 6.57. The van der Waals surface area contributed by atoms with Crippen molar-refractivity contribution in [2.45, 2.75) is 0 Å².